The number of halogens is 3. The quantitative estimate of drug-likeness (QED) is 0.410. The van der Waals surface area contributed by atoms with E-state index in [0.717, 1.165) is 0 Å². The van der Waals surface area contributed by atoms with Gasteiger partial charge in [0, 0.05) is 0 Å². The van der Waals surface area contributed by atoms with Crippen LogP contribution in [0, 0.1) is 25.7 Å². The first-order valence-corrected chi connectivity index (χ1v) is 6.03. The minimum Gasteiger partial charge on any atom is -0.279 e. The summed E-state index contributed by atoms with van der Waals surface area (Å²) >= 11 is 0. The molecule has 1 N–H and O–H groups in total. The molecule has 8 heteroatoms. The predicted octanol–water partition coefficient (Wildman–Crippen LogP) is 2.77. The van der Waals surface area contributed by atoms with Crippen molar-refractivity contribution in [2.45, 2.75) is 31.2 Å². The van der Waals surface area contributed by atoms with Gasteiger partial charge in [0.25, 0.3) is 0 Å². The van der Waals surface area contributed by atoms with Gasteiger partial charge in [0.15, 0.2) is 0 Å². The van der Waals surface area contributed by atoms with Crippen molar-refractivity contribution in [1.82, 2.24) is 0 Å². The van der Waals surface area contributed by atoms with E-state index in [1.807, 2.05) is 0 Å². The molecule has 0 bridgehead atoms. The summed E-state index contributed by atoms with van der Waals surface area (Å²) in [5, 5.41) is 0. The molecule has 101 valence electrons. The Hall–Kier alpha value is 0.323. The van der Waals surface area contributed by atoms with Gasteiger partial charge in [0.2, 0.25) is 0 Å². The second kappa shape index (κ2) is 9.28. The maximum Gasteiger partial charge on any atom is 2.00 e. The largest absolute Gasteiger partial charge is 2.00 e. The number of hydrogen-bond acceptors (Lipinski definition) is 2. The normalized spacial score (nSPS) is 17.9. The van der Waals surface area contributed by atoms with E-state index >= 15 is 0 Å². The Balaban J connectivity index is 0. The molecule has 0 spiro atoms. The Labute approximate surface area is 113 Å². The molecule has 0 saturated heterocycles. The molecule has 0 aromatic heterocycles. The van der Waals surface area contributed by atoms with E-state index in [-0.39, 0.29) is 19.5 Å². The Bertz CT molecular complexity index is 254. The van der Waals surface area contributed by atoms with Gasteiger partial charge in [-0.15, -0.1) is 0 Å². The average molecular weight is 361 g/mol. The Morgan fingerprint density at radius 3 is 1.18 bits per heavy atom. The first-order valence-electron chi connectivity index (χ1n) is 4.59. The fourth-order valence-corrected chi connectivity index (χ4v) is 0.856. The summed E-state index contributed by atoms with van der Waals surface area (Å²) in [6.07, 6.45) is 14.0. The maximum atomic E-state index is 10.7. The molecule has 17 heavy (non-hydrogen) atoms. The molecule has 3 nitrogen and oxygen atoms in total. The SMILES string of the molecule is O=S(=O)(O)C(F)(F)F.[CH]1[CH]CC[CH][CH]CC1.[Rh+2]. The van der Waals surface area contributed by atoms with Crippen LogP contribution in [0.4, 0.5) is 13.2 Å². The zero-order valence-corrected chi connectivity index (χ0v) is 11.2. The average Bonchev–Trinajstić information content (AvgIpc) is 1.98. The van der Waals surface area contributed by atoms with Crippen LogP contribution in [0.3, 0.4) is 0 Å². The Morgan fingerprint density at radius 1 is 0.882 bits per heavy atom. The first-order chi connectivity index (χ1) is 7.25. The molecule has 0 aliphatic heterocycles. The molecule has 0 unspecified atom stereocenters. The van der Waals surface area contributed by atoms with Crippen LogP contribution in [-0.4, -0.2) is 18.5 Å². The fourth-order valence-electron chi connectivity index (χ4n) is 0.856. The van der Waals surface area contributed by atoms with Crippen LogP contribution >= 0.6 is 0 Å². The van der Waals surface area contributed by atoms with Crippen molar-refractivity contribution >= 4 is 10.1 Å². The summed E-state index contributed by atoms with van der Waals surface area (Å²) in [5.41, 5.74) is -5.53. The topological polar surface area (TPSA) is 54.4 Å². The van der Waals surface area contributed by atoms with Crippen molar-refractivity contribution in [3.63, 3.8) is 0 Å². The van der Waals surface area contributed by atoms with E-state index < -0.39 is 15.6 Å². The van der Waals surface area contributed by atoms with Crippen LogP contribution in [0.5, 0.6) is 0 Å². The molecule has 0 aromatic rings. The second-order valence-corrected chi connectivity index (χ2v) is 4.43. The molecular weight excluding hydrogens is 348 g/mol. The predicted molar refractivity (Wildman–Crippen MR) is 53.3 cm³/mol. The van der Waals surface area contributed by atoms with E-state index in [1.165, 1.54) is 25.7 Å². The zero-order valence-electron chi connectivity index (χ0n) is 8.78. The molecule has 0 aromatic carbocycles. The van der Waals surface area contributed by atoms with E-state index in [0.29, 0.717) is 0 Å². The van der Waals surface area contributed by atoms with Gasteiger partial charge in [0.05, 0.1) is 0 Å². The van der Waals surface area contributed by atoms with Crippen LogP contribution in [0.1, 0.15) is 25.7 Å². The summed E-state index contributed by atoms with van der Waals surface area (Å²) in [6.45, 7) is 0. The smallest absolute Gasteiger partial charge is 0.279 e. The standard InChI is InChI=1S/C8H12.CHF3O3S.Rh/c1-2-4-6-8-7-5-3-1;2-1(3,4)8(5,6)7;/h1-2,7-8H,3-6H2;(H,5,6,7);/q;;+2. The molecule has 1 rings (SSSR count). The summed E-state index contributed by atoms with van der Waals surface area (Å²) in [7, 11) is -5.84. The molecule has 0 atom stereocenters. The van der Waals surface area contributed by atoms with Crippen LogP contribution in [0.15, 0.2) is 0 Å². The minimum absolute atomic E-state index is 0. The van der Waals surface area contributed by atoms with E-state index in [2.05, 4.69) is 25.7 Å². The zero-order chi connectivity index (χ0) is 12.7. The second-order valence-electron chi connectivity index (χ2n) is 3.02. The monoisotopic (exact) mass is 361 g/mol. The van der Waals surface area contributed by atoms with Gasteiger partial charge in [-0.2, -0.15) is 21.6 Å². The van der Waals surface area contributed by atoms with Crippen LogP contribution < -0.4 is 0 Å². The molecule has 1 aliphatic rings. The molecular formula is C9H13F3O3RhS+2. The van der Waals surface area contributed by atoms with Crippen molar-refractivity contribution in [3.8, 4) is 0 Å². The Kier molecular flexibility index (Phi) is 10.7. The fraction of sp³-hybridized carbons (Fsp3) is 0.556. The van der Waals surface area contributed by atoms with Gasteiger partial charge in [-0.1, -0.05) is 0 Å². The summed E-state index contributed by atoms with van der Waals surface area (Å²) in [6, 6.07) is 0. The third kappa shape index (κ3) is 11.2. The van der Waals surface area contributed by atoms with Gasteiger partial charge < -0.3 is 0 Å². The minimum atomic E-state index is -5.84. The van der Waals surface area contributed by atoms with E-state index in [9.17, 15) is 13.2 Å². The third-order valence-electron chi connectivity index (χ3n) is 1.63. The summed E-state index contributed by atoms with van der Waals surface area (Å²) < 4.78 is 57.5. The number of rotatable bonds is 0. The maximum absolute atomic E-state index is 10.7. The molecule has 1 fully saturated rings. The Morgan fingerprint density at radius 2 is 1.06 bits per heavy atom. The van der Waals surface area contributed by atoms with Crippen molar-refractivity contribution in [1.29, 1.82) is 0 Å². The van der Waals surface area contributed by atoms with Gasteiger partial charge in [0.1, 0.15) is 0 Å². The van der Waals surface area contributed by atoms with Gasteiger partial charge in [-0.3, -0.25) is 4.55 Å². The van der Waals surface area contributed by atoms with Crippen LogP contribution in [0.2, 0.25) is 0 Å². The first kappa shape index (κ1) is 19.7. The van der Waals surface area contributed by atoms with Crippen molar-refractivity contribution in [2.75, 3.05) is 0 Å². The van der Waals surface area contributed by atoms with E-state index in [4.69, 9.17) is 13.0 Å². The van der Waals surface area contributed by atoms with Gasteiger partial charge in [-0.25, -0.2) is 0 Å². The van der Waals surface area contributed by atoms with Crippen LogP contribution in [-0.2, 0) is 29.6 Å². The van der Waals surface area contributed by atoms with Crippen LogP contribution in [0.25, 0.3) is 0 Å². The number of alkyl halides is 3. The van der Waals surface area contributed by atoms with Gasteiger partial charge in [-0.05, 0) is 51.4 Å². The number of hydrogen-bond donors (Lipinski definition) is 1. The van der Waals surface area contributed by atoms with Crippen molar-refractivity contribution in [3.05, 3.63) is 25.7 Å². The van der Waals surface area contributed by atoms with Crippen molar-refractivity contribution in [2.24, 2.45) is 0 Å². The molecule has 1 aliphatic carbocycles. The summed E-state index contributed by atoms with van der Waals surface area (Å²) in [5.74, 6) is 0. The third-order valence-corrected chi connectivity index (χ3v) is 2.21. The van der Waals surface area contributed by atoms with E-state index in [1.54, 1.807) is 0 Å². The van der Waals surface area contributed by atoms with Gasteiger partial charge >= 0.3 is 35.1 Å². The van der Waals surface area contributed by atoms with Crippen molar-refractivity contribution < 1.29 is 45.6 Å². The molecule has 5 radical (unpaired) electrons. The molecule has 0 amide bonds. The molecule has 0 heterocycles. The molecule has 1 saturated carbocycles. The summed E-state index contributed by atoms with van der Waals surface area (Å²) in [4.78, 5) is 0.